The van der Waals surface area contributed by atoms with Crippen LogP contribution in [-0.2, 0) is 4.79 Å². The Morgan fingerprint density at radius 2 is 2.06 bits per heavy atom. The zero-order valence-electron chi connectivity index (χ0n) is 9.45. The molecule has 1 aromatic carbocycles. The van der Waals surface area contributed by atoms with Gasteiger partial charge in [-0.2, -0.15) is 0 Å². The fourth-order valence-electron chi connectivity index (χ4n) is 1.17. The van der Waals surface area contributed by atoms with E-state index in [2.05, 4.69) is 10.6 Å². The summed E-state index contributed by atoms with van der Waals surface area (Å²) in [5.74, 6) is -1.33. The van der Waals surface area contributed by atoms with Crippen LogP contribution in [0.25, 0.3) is 0 Å². The van der Waals surface area contributed by atoms with Crippen LogP contribution in [0.5, 0.6) is 0 Å². The fraction of sp³-hybridized carbons (Fsp3) is 0.273. The number of nitrogens with one attached hydrogen (secondary N) is 2. The molecule has 1 atom stereocenters. The number of amides is 1. The number of carbonyl (C=O) groups excluding carboxylic acids is 1. The van der Waals surface area contributed by atoms with Gasteiger partial charge in [-0.1, -0.05) is 0 Å². The van der Waals surface area contributed by atoms with E-state index in [0.29, 0.717) is 5.69 Å². The monoisotopic (exact) mass is 348 g/mol. The maximum Gasteiger partial charge on any atom is 0.337 e. The standard InChI is InChI=1S/C11H13IN2O3/c1-6(13-2)10(15)14-9-4-3-7(12)5-8(9)11(16)17/h3-6,13H,1-2H3,(H,14,15)(H,16,17). The van der Waals surface area contributed by atoms with Gasteiger partial charge in [0.1, 0.15) is 0 Å². The van der Waals surface area contributed by atoms with E-state index in [4.69, 9.17) is 5.11 Å². The topological polar surface area (TPSA) is 78.4 Å². The van der Waals surface area contributed by atoms with Crippen LogP contribution in [0.1, 0.15) is 17.3 Å². The van der Waals surface area contributed by atoms with Crippen LogP contribution in [0, 0.1) is 3.57 Å². The maximum atomic E-state index is 11.6. The van der Waals surface area contributed by atoms with Gasteiger partial charge in [0.25, 0.3) is 0 Å². The molecule has 17 heavy (non-hydrogen) atoms. The number of carboxylic acids is 1. The zero-order chi connectivity index (χ0) is 13.0. The lowest BCUT2D eigenvalue weighted by molar-refractivity contribution is -0.117. The number of carboxylic acid groups (broad SMARTS) is 1. The largest absolute Gasteiger partial charge is 0.478 e. The number of anilines is 1. The third-order valence-corrected chi connectivity index (χ3v) is 2.97. The molecule has 1 aromatic rings. The molecule has 0 heterocycles. The number of hydrogen-bond donors (Lipinski definition) is 3. The van der Waals surface area contributed by atoms with Crippen LogP contribution in [0.15, 0.2) is 18.2 Å². The summed E-state index contributed by atoms with van der Waals surface area (Å²) in [6.07, 6.45) is 0. The minimum Gasteiger partial charge on any atom is -0.478 e. The Labute approximate surface area is 113 Å². The summed E-state index contributed by atoms with van der Waals surface area (Å²) in [7, 11) is 1.66. The number of benzene rings is 1. The molecule has 5 nitrogen and oxygen atoms in total. The first-order chi connectivity index (χ1) is 7.95. The molecular formula is C11H13IN2O3. The van der Waals surface area contributed by atoms with Crippen LogP contribution in [-0.4, -0.2) is 30.1 Å². The Hall–Kier alpha value is -1.15. The minimum atomic E-state index is -1.06. The van der Waals surface area contributed by atoms with Gasteiger partial charge in [-0.3, -0.25) is 4.79 Å². The lowest BCUT2D eigenvalue weighted by atomic mass is 10.1. The van der Waals surface area contributed by atoms with E-state index in [1.807, 2.05) is 22.6 Å². The summed E-state index contributed by atoms with van der Waals surface area (Å²) in [6.45, 7) is 1.70. The molecule has 6 heteroatoms. The molecule has 3 N–H and O–H groups in total. The van der Waals surface area contributed by atoms with Crippen LogP contribution in [0.4, 0.5) is 5.69 Å². The molecule has 0 aromatic heterocycles. The molecule has 0 fully saturated rings. The van der Waals surface area contributed by atoms with Gasteiger partial charge in [0.15, 0.2) is 0 Å². The molecule has 0 radical (unpaired) electrons. The Bertz CT molecular complexity index is 448. The van der Waals surface area contributed by atoms with Crippen LogP contribution < -0.4 is 10.6 Å². The SMILES string of the molecule is CNC(C)C(=O)Nc1ccc(I)cc1C(=O)O. The van der Waals surface area contributed by atoms with Crippen molar-refractivity contribution in [1.82, 2.24) is 5.32 Å². The Kier molecular flexibility index (Phi) is 4.88. The fourth-order valence-corrected chi connectivity index (χ4v) is 1.67. The van der Waals surface area contributed by atoms with Gasteiger partial charge in [0, 0.05) is 3.57 Å². The highest BCUT2D eigenvalue weighted by atomic mass is 127. The Balaban J connectivity index is 2.98. The third-order valence-electron chi connectivity index (χ3n) is 2.30. The normalized spacial score (nSPS) is 11.9. The highest BCUT2D eigenvalue weighted by Crippen LogP contribution is 2.19. The molecule has 0 spiro atoms. The van der Waals surface area contributed by atoms with Gasteiger partial charge in [-0.25, -0.2) is 4.79 Å². The predicted octanol–water partition coefficient (Wildman–Crippen LogP) is 1.54. The summed E-state index contributed by atoms with van der Waals surface area (Å²) in [6, 6.07) is 4.47. The lowest BCUT2D eigenvalue weighted by Crippen LogP contribution is -2.35. The molecule has 0 aliphatic rings. The second-order valence-electron chi connectivity index (χ2n) is 3.49. The average Bonchev–Trinajstić information content (AvgIpc) is 2.29. The van der Waals surface area contributed by atoms with Gasteiger partial charge >= 0.3 is 5.97 Å². The van der Waals surface area contributed by atoms with Gasteiger partial charge in [-0.15, -0.1) is 0 Å². The first kappa shape index (κ1) is 13.9. The van der Waals surface area contributed by atoms with Crippen molar-refractivity contribution in [3.8, 4) is 0 Å². The summed E-state index contributed by atoms with van der Waals surface area (Å²) in [5, 5.41) is 14.4. The molecule has 0 aliphatic heterocycles. The van der Waals surface area contributed by atoms with Gasteiger partial charge in [0.2, 0.25) is 5.91 Å². The number of aromatic carboxylic acids is 1. The first-order valence-electron chi connectivity index (χ1n) is 4.96. The van der Waals surface area contributed by atoms with Crippen LogP contribution >= 0.6 is 22.6 Å². The molecular weight excluding hydrogens is 335 g/mol. The van der Waals surface area contributed by atoms with E-state index in [1.165, 1.54) is 6.07 Å². The number of carbonyl (C=O) groups is 2. The first-order valence-corrected chi connectivity index (χ1v) is 6.04. The van der Waals surface area contributed by atoms with Crippen molar-refractivity contribution in [2.45, 2.75) is 13.0 Å². The van der Waals surface area contributed by atoms with E-state index < -0.39 is 5.97 Å². The molecule has 0 saturated carbocycles. The van der Waals surface area contributed by atoms with Crippen LogP contribution in [0.2, 0.25) is 0 Å². The number of halogens is 1. The molecule has 0 bridgehead atoms. The highest BCUT2D eigenvalue weighted by molar-refractivity contribution is 14.1. The minimum absolute atomic E-state index is 0.0913. The van der Waals surface area contributed by atoms with Gasteiger partial charge < -0.3 is 15.7 Å². The molecule has 92 valence electrons. The maximum absolute atomic E-state index is 11.6. The quantitative estimate of drug-likeness (QED) is 0.722. The van der Waals surface area contributed by atoms with E-state index in [1.54, 1.807) is 26.1 Å². The second kappa shape index (κ2) is 5.97. The smallest absolute Gasteiger partial charge is 0.337 e. The molecule has 0 saturated heterocycles. The number of rotatable bonds is 4. The van der Waals surface area contributed by atoms with Crippen molar-refractivity contribution in [2.24, 2.45) is 0 Å². The van der Waals surface area contributed by atoms with Crippen molar-refractivity contribution < 1.29 is 14.7 Å². The lowest BCUT2D eigenvalue weighted by Gasteiger charge is -2.13. The van der Waals surface area contributed by atoms with Crippen molar-refractivity contribution in [1.29, 1.82) is 0 Å². The predicted molar refractivity (Wildman–Crippen MR) is 73.3 cm³/mol. The van der Waals surface area contributed by atoms with E-state index in [0.717, 1.165) is 3.57 Å². The molecule has 1 rings (SSSR count). The molecule has 1 amide bonds. The number of hydrogen-bond acceptors (Lipinski definition) is 3. The Morgan fingerprint density at radius 1 is 1.41 bits per heavy atom. The van der Waals surface area contributed by atoms with Crippen molar-refractivity contribution in [3.05, 3.63) is 27.3 Å². The van der Waals surface area contributed by atoms with Crippen molar-refractivity contribution in [2.75, 3.05) is 12.4 Å². The molecule has 0 aliphatic carbocycles. The average molecular weight is 348 g/mol. The summed E-state index contributed by atoms with van der Waals surface area (Å²) >= 11 is 2.02. The summed E-state index contributed by atoms with van der Waals surface area (Å²) in [4.78, 5) is 22.7. The van der Waals surface area contributed by atoms with Gasteiger partial charge in [-0.05, 0) is 54.8 Å². The van der Waals surface area contributed by atoms with E-state index in [-0.39, 0.29) is 17.5 Å². The van der Waals surface area contributed by atoms with E-state index >= 15 is 0 Å². The summed E-state index contributed by atoms with van der Waals surface area (Å²) in [5.41, 5.74) is 0.401. The third kappa shape index (κ3) is 3.67. The highest BCUT2D eigenvalue weighted by Gasteiger charge is 2.15. The van der Waals surface area contributed by atoms with E-state index in [9.17, 15) is 9.59 Å². The zero-order valence-corrected chi connectivity index (χ0v) is 11.6. The van der Waals surface area contributed by atoms with Crippen molar-refractivity contribution >= 4 is 40.2 Å². The van der Waals surface area contributed by atoms with Gasteiger partial charge in [0.05, 0.1) is 17.3 Å². The van der Waals surface area contributed by atoms with Crippen LogP contribution in [0.3, 0.4) is 0 Å². The Morgan fingerprint density at radius 3 is 2.59 bits per heavy atom. The molecule has 1 unspecified atom stereocenters. The number of likely N-dealkylation sites (N-methyl/N-ethyl adjacent to an activating group) is 1. The van der Waals surface area contributed by atoms with Crippen molar-refractivity contribution in [3.63, 3.8) is 0 Å². The second-order valence-corrected chi connectivity index (χ2v) is 4.74. The summed E-state index contributed by atoms with van der Waals surface area (Å²) < 4.78 is 0.805.